The maximum atomic E-state index is 11.5. The molecule has 25 heavy (non-hydrogen) atoms. The molecule has 0 fully saturated rings. The predicted octanol–water partition coefficient (Wildman–Crippen LogP) is 2.01. The molecule has 0 unspecified atom stereocenters. The van der Waals surface area contributed by atoms with Crippen LogP contribution < -0.4 is 21.3 Å². The highest BCUT2D eigenvalue weighted by molar-refractivity contribution is 8.76. The van der Waals surface area contributed by atoms with Crippen LogP contribution in [0.25, 0.3) is 0 Å². The summed E-state index contributed by atoms with van der Waals surface area (Å²) in [6.07, 6.45) is 4.34. The zero-order chi connectivity index (χ0) is 18.9. The van der Waals surface area contributed by atoms with Crippen molar-refractivity contribution in [3.05, 3.63) is 0 Å². The van der Waals surface area contributed by atoms with Crippen molar-refractivity contribution in [3.8, 4) is 0 Å². The van der Waals surface area contributed by atoms with Crippen LogP contribution in [0.3, 0.4) is 0 Å². The van der Waals surface area contributed by atoms with E-state index in [0.29, 0.717) is 25.3 Å². The maximum Gasteiger partial charge on any atom is 0.321 e. The van der Waals surface area contributed by atoms with E-state index >= 15 is 0 Å². The maximum absolute atomic E-state index is 11.5. The minimum Gasteiger partial charge on any atom is -0.338 e. The third-order valence-electron chi connectivity index (χ3n) is 2.84. The molecule has 0 aromatic heterocycles. The van der Waals surface area contributed by atoms with Gasteiger partial charge < -0.3 is 10.6 Å². The Labute approximate surface area is 156 Å². The highest BCUT2D eigenvalue weighted by atomic mass is 33.1. The Morgan fingerprint density at radius 2 is 1.48 bits per heavy atom. The Hall–Kier alpha value is -1.42. The van der Waals surface area contributed by atoms with Crippen LogP contribution >= 0.6 is 21.6 Å². The van der Waals surface area contributed by atoms with Crippen LogP contribution in [0.4, 0.5) is 9.59 Å². The van der Waals surface area contributed by atoms with Gasteiger partial charge in [0.15, 0.2) is 0 Å². The van der Waals surface area contributed by atoms with Crippen LogP contribution in [0.15, 0.2) is 0 Å². The molecule has 0 bridgehead atoms. The quantitative estimate of drug-likeness (QED) is 0.298. The summed E-state index contributed by atoms with van der Waals surface area (Å²) < 4.78 is 0. The number of imide groups is 2. The first-order valence-corrected chi connectivity index (χ1v) is 10.9. The van der Waals surface area contributed by atoms with Gasteiger partial charge in [0, 0.05) is 25.3 Å². The Morgan fingerprint density at radius 1 is 0.800 bits per heavy atom. The highest BCUT2D eigenvalue weighted by Crippen LogP contribution is 2.19. The summed E-state index contributed by atoms with van der Waals surface area (Å²) in [5.41, 5.74) is 0. The first-order chi connectivity index (χ1) is 12.0. The van der Waals surface area contributed by atoms with Gasteiger partial charge in [0.05, 0.1) is 5.75 Å². The van der Waals surface area contributed by atoms with Gasteiger partial charge in [-0.2, -0.15) is 0 Å². The summed E-state index contributed by atoms with van der Waals surface area (Å²) in [5, 5.41) is 9.53. The van der Waals surface area contributed by atoms with E-state index in [-0.39, 0.29) is 17.6 Å². The Bertz CT molecular complexity index is 436. The molecule has 0 aliphatic carbocycles. The topological polar surface area (TPSA) is 116 Å². The molecule has 0 aromatic rings. The molecule has 0 saturated heterocycles. The summed E-state index contributed by atoms with van der Waals surface area (Å²) in [5.74, 6) is 0.0852. The molecular weight excluding hydrogens is 364 g/mol. The fourth-order valence-corrected chi connectivity index (χ4v) is 3.41. The average Bonchev–Trinajstić information content (AvgIpc) is 2.55. The van der Waals surface area contributed by atoms with Gasteiger partial charge >= 0.3 is 12.1 Å². The number of hydrogen-bond donors (Lipinski definition) is 4. The number of carbonyl (C=O) groups excluding carboxylic acids is 4. The van der Waals surface area contributed by atoms with E-state index in [4.69, 9.17) is 0 Å². The number of hydrogen-bond acceptors (Lipinski definition) is 6. The molecule has 4 N–H and O–H groups in total. The second kappa shape index (κ2) is 16.1. The van der Waals surface area contributed by atoms with Gasteiger partial charge in [-0.25, -0.2) is 9.59 Å². The third-order valence-corrected chi connectivity index (χ3v) is 5.12. The summed E-state index contributed by atoms with van der Waals surface area (Å²) in [7, 11) is 2.69. The fraction of sp³-hybridized carbons (Fsp3) is 0.733. The Morgan fingerprint density at radius 3 is 2.16 bits per heavy atom. The highest BCUT2D eigenvalue weighted by Gasteiger charge is 2.08. The van der Waals surface area contributed by atoms with E-state index < -0.39 is 12.1 Å². The van der Waals surface area contributed by atoms with Gasteiger partial charge in [0.1, 0.15) is 0 Å². The van der Waals surface area contributed by atoms with E-state index in [9.17, 15) is 19.2 Å². The van der Waals surface area contributed by atoms with E-state index in [0.717, 1.165) is 25.7 Å². The minimum atomic E-state index is -0.504. The van der Waals surface area contributed by atoms with E-state index in [1.54, 1.807) is 6.92 Å². The van der Waals surface area contributed by atoms with E-state index in [1.165, 1.54) is 21.6 Å². The summed E-state index contributed by atoms with van der Waals surface area (Å²) in [6, 6.07) is -1.00. The van der Waals surface area contributed by atoms with Crippen molar-refractivity contribution < 1.29 is 19.2 Å². The van der Waals surface area contributed by atoms with Crippen molar-refractivity contribution in [1.29, 1.82) is 0 Å². The molecule has 0 aromatic carbocycles. The van der Waals surface area contributed by atoms with Gasteiger partial charge in [0.25, 0.3) is 0 Å². The number of urea groups is 2. The molecule has 6 amide bonds. The Balaban J connectivity index is 3.55. The zero-order valence-electron chi connectivity index (χ0n) is 14.8. The number of unbranched alkanes of at least 4 members (excludes halogenated alkanes) is 3. The SMILES string of the molecule is CCCCCCC(=O)NC(=O)NCCSSCC(=O)NC(=O)NCC. The summed E-state index contributed by atoms with van der Waals surface area (Å²) >= 11 is 0. The van der Waals surface area contributed by atoms with Crippen LogP contribution in [0, 0.1) is 0 Å². The molecule has 8 nitrogen and oxygen atoms in total. The molecule has 10 heteroatoms. The van der Waals surface area contributed by atoms with Gasteiger partial charge in [-0.1, -0.05) is 47.8 Å². The number of rotatable bonds is 12. The second-order valence-corrected chi connectivity index (χ2v) is 7.69. The molecule has 0 spiro atoms. The molecule has 144 valence electrons. The van der Waals surface area contributed by atoms with Gasteiger partial charge in [-0.3, -0.25) is 20.2 Å². The van der Waals surface area contributed by atoms with Gasteiger partial charge in [-0.05, 0) is 13.3 Å². The molecule has 0 rings (SSSR count). The minimum absolute atomic E-state index is 0.143. The molecule has 0 radical (unpaired) electrons. The molecule has 0 heterocycles. The molecular formula is C15H28N4O4S2. The third kappa shape index (κ3) is 15.8. The molecule has 0 aliphatic rings. The van der Waals surface area contributed by atoms with Crippen LogP contribution in [-0.4, -0.2) is 48.5 Å². The van der Waals surface area contributed by atoms with Crippen molar-refractivity contribution in [1.82, 2.24) is 21.3 Å². The van der Waals surface area contributed by atoms with Crippen LogP contribution in [-0.2, 0) is 9.59 Å². The van der Waals surface area contributed by atoms with E-state index in [1.807, 2.05) is 0 Å². The van der Waals surface area contributed by atoms with E-state index in [2.05, 4.69) is 28.2 Å². The van der Waals surface area contributed by atoms with Crippen LogP contribution in [0.2, 0.25) is 0 Å². The average molecular weight is 393 g/mol. The van der Waals surface area contributed by atoms with Crippen molar-refractivity contribution >= 4 is 45.5 Å². The summed E-state index contributed by atoms with van der Waals surface area (Å²) in [4.78, 5) is 45.5. The standard InChI is InChI=1S/C15H28N4O4S2/c1-3-5-6-7-8-12(20)18-15(23)17-9-10-24-25-11-13(21)19-14(22)16-4-2/h3-11H2,1-2H3,(H2,16,19,21,22)(H2,17,18,20,23). The molecule has 0 aliphatic heterocycles. The number of amides is 6. The lowest BCUT2D eigenvalue weighted by Gasteiger charge is -2.07. The van der Waals surface area contributed by atoms with Gasteiger partial charge in [0.2, 0.25) is 11.8 Å². The molecule has 0 saturated carbocycles. The fourth-order valence-electron chi connectivity index (χ4n) is 1.67. The monoisotopic (exact) mass is 392 g/mol. The smallest absolute Gasteiger partial charge is 0.321 e. The second-order valence-electron chi connectivity index (χ2n) is 5.11. The molecule has 0 atom stereocenters. The number of nitrogens with one attached hydrogen (secondary N) is 4. The number of carbonyl (C=O) groups is 4. The lowest BCUT2D eigenvalue weighted by molar-refractivity contribution is -0.120. The van der Waals surface area contributed by atoms with Crippen molar-refractivity contribution in [2.75, 3.05) is 24.6 Å². The lowest BCUT2D eigenvalue weighted by atomic mass is 10.1. The summed E-state index contributed by atoms with van der Waals surface area (Å²) in [6.45, 7) is 4.69. The lowest BCUT2D eigenvalue weighted by Crippen LogP contribution is -2.40. The largest absolute Gasteiger partial charge is 0.338 e. The van der Waals surface area contributed by atoms with Crippen molar-refractivity contribution in [2.24, 2.45) is 0 Å². The normalized spacial score (nSPS) is 10.0. The zero-order valence-corrected chi connectivity index (χ0v) is 16.4. The first-order valence-electron chi connectivity index (χ1n) is 8.39. The van der Waals surface area contributed by atoms with Gasteiger partial charge in [-0.15, -0.1) is 0 Å². The van der Waals surface area contributed by atoms with Crippen LogP contribution in [0.1, 0.15) is 46.0 Å². The Kier molecular flexibility index (Phi) is 15.2. The van der Waals surface area contributed by atoms with Crippen molar-refractivity contribution in [3.63, 3.8) is 0 Å². The van der Waals surface area contributed by atoms with Crippen LogP contribution in [0.5, 0.6) is 0 Å². The first kappa shape index (κ1) is 23.6. The predicted molar refractivity (Wildman–Crippen MR) is 102 cm³/mol. The van der Waals surface area contributed by atoms with Crippen molar-refractivity contribution in [2.45, 2.75) is 46.0 Å².